The third kappa shape index (κ3) is 4.72. The summed E-state index contributed by atoms with van der Waals surface area (Å²) in [7, 11) is 0. The second kappa shape index (κ2) is 9.25. The maximum absolute atomic E-state index is 13.9. The molecule has 1 aromatic carbocycles. The molecule has 0 bridgehead atoms. The first-order valence-corrected chi connectivity index (χ1v) is 9.17. The number of Topliss-reactive ketones (excluding diaryl/α,β-unsaturated/α-hetero) is 1. The molecule has 3 N–H and O–H groups in total. The van der Waals surface area contributed by atoms with Crippen molar-refractivity contribution in [2.45, 2.75) is 18.7 Å². The lowest BCUT2D eigenvalue weighted by molar-refractivity contribution is -0.123. The minimum absolute atomic E-state index is 0.136. The van der Waals surface area contributed by atoms with Crippen molar-refractivity contribution < 1.29 is 28.0 Å². The van der Waals surface area contributed by atoms with Crippen LogP contribution in [0.3, 0.4) is 0 Å². The molecule has 0 radical (unpaired) electrons. The zero-order valence-corrected chi connectivity index (χ0v) is 16.7. The van der Waals surface area contributed by atoms with E-state index in [2.05, 4.69) is 46.2 Å². The smallest absolute Gasteiger partial charge is 0.324 e. The van der Waals surface area contributed by atoms with Gasteiger partial charge in [-0.1, -0.05) is 24.0 Å². The Balaban J connectivity index is 1.95. The number of hydrogen-bond donors (Lipinski definition) is 3. The predicted octanol–water partition coefficient (Wildman–Crippen LogP) is 0.901. The molecule has 2 atom stereocenters. The molecule has 3 rings (SSSR count). The van der Waals surface area contributed by atoms with Gasteiger partial charge < -0.3 is 10.2 Å². The topological polar surface area (TPSA) is 109 Å². The number of urea groups is 1. The monoisotopic (exact) mass is 438 g/mol. The molecule has 0 spiro atoms. The van der Waals surface area contributed by atoms with E-state index in [-0.39, 0.29) is 17.9 Å². The van der Waals surface area contributed by atoms with E-state index in [4.69, 9.17) is 4.84 Å². The molecule has 0 aromatic heterocycles. The Hall–Kier alpha value is -4.28. The summed E-state index contributed by atoms with van der Waals surface area (Å²) in [6.07, 6.45) is 2.31. The van der Waals surface area contributed by atoms with Crippen LogP contribution in [0.4, 0.5) is 13.6 Å². The van der Waals surface area contributed by atoms with Crippen LogP contribution in [0, 0.1) is 35.3 Å². The van der Waals surface area contributed by atoms with Gasteiger partial charge in [-0.05, 0) is 42.5 Å². The van der Waals surface area contributed by atoms with Gasteiger partial charge in [0.2, 0.25) is 11.8 Å². The lowest BCUT2D eigenvalue weighted by Crippen LogP contribution is -2.58. The summed E-state index contributed by atoms with van der Waals surface area (Å²) in [5, 5.41) is 10.4. The van der Waals surface area contributed by atoms with E-state index in [9.17, 15) is 23.2 Å². The molecule has 1 fully saturated rings. The summed E-state index contributed by atoms with van der Waals surface area (Å²) in [4.78, 5) is 41.3. The molecule has 2 aliphatic rings. The number of halogens is 2. The average Bonchev–Trinajstić information content (AvgIpc) is 2.88. The first-order chi connectivity index (χ1) is 15.3. The van der Waals surface area contributed by atoms with Gasteiger partial charge in [-0.3, -0.25) is 20.2 Å². The molecular formula is C22H16F2N4O4. The van der Waals surface area contributed by atoms with E-state index >= 15 is 0 Å². The number of benzene rings is 1. The van der Waals surface area contributed by atoms with Gasteiger partial charge >= 0.3 is 6.03 Å². The number of oxime groups is 1. The van der Waals surface area contributed by atoms with Crippen molar-refractivity contribution in [3.63, 3.8) is 0 Å². The minimum Gasteiger partial charge on any atom is -0.376 e. The Morgan fingerprint density at radius 1 is 1.38 bits per heavy atom. The molecule has 1 aliphatic heterocycles. The zero-order valence-electron chi connectivity index (χ0n) is 16.7. The molecule has 10 heteroatoms. The molecule has 1 saturated heterocycles. The first-order valence-electron chi connectivity index (χ1n) is 9.17. The van der Waals surface area contributed by atoms with E-state index in [1.165, 1.54) is 25.1 Å². The Bertz CT molecular complexity index is 1180. The Morgan fingerprint density at radius 3 is 2.69 bits per heavy atom. The standard InChI is InChI=1S/C22H16F2N4O4/c1-13(29)16-9-8-15(32-25-2)7-6-14(16)12-26-22(20(30)27-21(31)28-22)11-10-17-18(23)4-3-5-19(17)24/h3-7,15,26H,2,12H2,1H3,(H2,27,28,30,31)/t15?,22-/m0/s1. The van der Waals surface area contributed by atoms with Gasteiger partial charge in [0, 0.05) is 13.3 Å². The van der Waals surface area contributed by atoms with Crippen molar-refractivity contribution in [1.82, 2.24) is 16.0 Å². The highest BCUT2D eigenvalue weighted by Gasteiger charge is 2.45. The summed E-state index contributed by atoms with van der Waals surface area (Å²) in [5.41, 5.74) is -2.07. The first kappa shape index (κ1) is 22.4. The van der Waals surface area contributed by atoms with Crippen molar-refractivity contribution in [3.05, 3.63) is 58.7 Å². The van der Waals surface area contributed by atoms with Crippen LogP contribution in [0.25, 0.3) is 0 Å². The van der Waals surface area contributed by atoms with Crippen molar-refractivity contribution in [1.29, 1.82) is 0 Å². The number of rotatable bonds is 6. The number of amides is 3. The van der Waals surface area contributed by atoms with Crippen LogP contribution < -0.4 is 16.0 Å². The van der Waals surface area contributed by atoms with Crippen molar-refractivity contribution >= 4 is 24.4 Å². The second-order valence-corrected chi connectivity index (χ2v) is 6.60. The van der Waals surface area contributed by atoms with E-state index in [0.29, 0.717) is 5.57 Å². The third-order valence-corrected chi connectivity index (χ3v) is 4.42. The third-order valence-electron chi connectivity index (χ3n) is 4.42. The van der Waals surface area contributed by atoms with Gasteiger partial charge in [-0.25, -0.2) is 13.6 Å². The van der Waals surface area contributed by atoms with Crippen molar-refractivity contribution in [2.75, 3.05) is 6.54 Å². The summed E-state index contributed by atoms with van der Waals surface area (Å²) in [6, 6.07) is 2.34. The SMILES string of the molecule is C=NOC1C#CC(C(C)=O)=C(CN[C@@]2(C#Cc3c(F)cccc3F)NC(=O)NC2=O)C=C1. The van der Waals surface area contributed by atoms with Crippen LogP contribution in [0.1, 0.15) is 12.5 Å². The summed E-state index contributed by atoms with van der Waals surface area (Å²) in [5.74, 6) is 6.97. The Morgan fingerprint density at radius 2 is 2.09 bits per heavy atom. The van der Waals surface area contributed by atoms with Crippen LogP contribution in [0.5, 0.6) is 0 Å². The van der Waals surface area contributed by atoms with E-state index in [0.717, 1.165) is 12.1 Å². The fourth-order valence-electron chi connectivity index (χ4n) is 2.87. The van der Waals surface area contributed by atoms with Gasteiger partial charge in [-0.15, -0.1) is 5.16 Å². The second-order valence-electron chi connectivity index (χ2n) is 6.60. The number of carbonyl (C=O) groups excluding carboxylic acids is 3. The van der Waals surface area contributed by atoms with Crippen LogP contribution in [0.15, 0.2) is 46.7 Å². The number of hydrogen-bond acceptors (Lipinski definition) is 6. The number of carbonyl (C=O) groups is 3. The summed E-state index contributed by atoms with van der Waals surface area (Å²) in [6.45, 7) is 4.36. The minimum atomic E-state index is -2.01. The molecule has 162 valence electrons. The normalized spacial score (nSPS) is 21.4. The summed E-state index contributed by atoms with van der Waals surface area (Å²) < 4.78 is 27.9. The number of ketones is 1. The van der Waals surface area contributed by atoms with Crippen LogP contribution in [0.2, 0.25) is 0 Å². The molecule has 32 heavy (non-hydrogen) atoms. The van der Waals surface area contributed by atoms with Gasteiger partial charge in [0.15, 0.2) is 5.78 Å². The highest BCUT2D eigenvalue weighted by atomic mass is 19.1. The summed E-state index contributed by atoms with van der Waals surface area (Å²) >= 11 is 0. The van der Waals surface area contributed by atoms with Crippen molar-refractivity contribution in [3.8, 4) is 23.7 Å². The lowest BCUT2D eigenvalue weighted by atomic mass is 10.0. The van der Waals surface area contributed by atoms with Crippen LogP contribution in [-0.2, 0) is 14.4 Å². The highest BCUT2D eigenvalue weighted by Crippen LogP contribution is 2.15. The van der Waals surface area contributed by atoms with Gasteiger partial charge in [-0.2, -0.15) is 0 Å². The average molecular weight is 438 g/mol. The number of allylic oxidation sites excluding steroid dienone is 1. The largest absolute Gasteiger partial charge is 0.376 e. The Kier molecular flexibility index (Phi) is 6.47. The molecular weight excluding hydrogens is 422 g/mol. The van der Waals surface area contributed by atoms with Crippen LogP contribution in [-0.4, -0.2) is 42.8 Å². The van der Waals surface area contributed by atoms with E-state index in [1.54, 1.807) is 0 Å². The zero-order chi connectivity index (χ0) is 23.3. The molecule has 1 aromatic rings. The van der Waals surface area contributed by atoms with Crippen LogP contribution >= 0.6 is 0 Å². The number of nitrogens with one attached hydrogen (secondary N) is 3. The fourth-order valence-corrected chi connectivity index (χ4v) is 2.87. The maximum Gasteiger partial charge on any atom is 0.324 e. The molecule has 0 saturated carbocycles. The van der Waals surface area contributed by atoms with E-state index < -0.39 is 40.9 Å². The molecule has 8 nitrogen and oxygen atoms in total. The van der Waals surface area contributed by atoms with Gasteiger partial charge in [0.05, 0.1) is 11.1 Å². The van der Waals surface area contributed by atoms with Gasteiger partial charge in [0.25, 0.3) is 5.91 Å². The number of imide groups is 1. The predicted molar refractivity (Wildman–Crippen MR) is 110 cm³/mol. The quantitative estimate of drug-likeness (QED) is 0.265. The lowest BCUT2D eigenvalue weighted by Gasteiger charge is -2.22. The number of nitrogens with zero attached hydrogens (tertiary/aromatic N) is 1. The fraction of sp³-hybridized carbons (Fsp3) is 0.182. The Labute approximate surface area is 181 Å². The molecule has 3 amide bonds. The van der Waals surface area contributed by atoms with Gasteiger partial charge in [0.1, 0.15) is 11.6 Å². The van der Waals surface area contributed by atoms with Crippen molar-refractivity contribution in [2.24, 2.45) is 5.16 Å². The van der Waals surface area contributed by atoms with E-state index in [1.807, 2.05) is 5.32 Å². The maximum atomic E-state index is 13.9. The highest BCUT2D eigenvalue weighted by molar-refractivity contribution is 6.09. The molecule has 1 heterocycles. The molecule has 1 aliphatic carbocycles. The molecule has 1 unspecified atom stereocenters.